The minimum Gasteiger partial charge on any atom is -0.490 e. The summed E-state index contributed by atoms with van der Waals surface area (Å²) < 4.78 is 67.6. The van der Waals surface area contributed by atoms with Crippen molar-refractivity contribution in [2.24, 2.45) is 0 Å². The molecule has 0 aliphatic heterocycles. The van der Waals surface area contributed by atoms with Crippen molar-refractivity contribution in [2.45, 2.75) is 12.8 Å². The van der Waals surface area contributed by atoms with Gasteiger partial charge >= 0.3 is 0 Å². The van der Waals surface area contributed by atoms with Gasteiger partial charge in [0, 0.05) is 41.8 Å². The fourth-order valence-electron chi connectivity index (χ4n) is 3.67. The van der Waals surface area contributed by atoms with Gasteiger partial charge in [0.1, 0.15) is 29.6 Å². The van der Waals surface area contributed by atoms with Crippen molar-refractivity contribution in [1.82, 2.24) is 9.97 Å². The molecule has 0 fully saturated rings. The first-order valence-corrected chi connectivity index (χ1v) is 12.7. The highest BCUT2D eigenvalue weighted by molar-refractivity contribution is 8.32. The van der Waals surface area contributed by atoms with Crippen LogP contribution >= 0.6 is 10.5 Å². The van der Waals surface area contributed by atoms with Crippen LogP contribution in [0.3, 0.4) is 0 Å². The molecule has 0 bridgehead atoms. The Labute approximate surface area is 201 Å². The third kappa shape index (κ3) is 5.21. The molecule has 186 valence electrons. The lowest BCUT2D eigenvalue weighted by Gasteiger charge is -2.35. The summed E-state index contributed by atoms with van der Waals surface area (Å²) in [5.41, 5.74) is -0.665. The molecule has 7 nitrogen and oxygen atoms in total. The van der Waals surface area contributed by atoms with E-state index >= 15 is 4.39 Å². The number of fused-ring (bicyclic) bond motifs is 1. The molecule has 0 amide bonds. The third-order valence-electron chi connectivity index (χ3n) is 5.50. The van der Waals surface area contributed by atoms with Crippen LogP contribution in [0.4, 0.5) is 18.9 Å². The van der Waals surface area contributed by atoms with Crippen molar-refractivity contribution in [3.05, 3.63) is 76.2 Å². The molecule has 2 aromatic heterocycles. The van der Waals surface area contributed by atoms with Crippen molar-refractivity contribution >= 4 is 33.0 Å². The zero-order valence-corrected chi connectivity index (χ0v) is 19.8. The van der Waals surface area contributed by atoms with E-state index in [1.807, 2.05) is 0 Å². The van der Waals surface area contributed by atoms with Gasteiger partial charge in [0.15, 0.2) is 5.82 Å². The summed E-state index contributed by atoms with van der Waals surface area (Å²) in [6.45, 7) is 0.608. The Bertz CT molecular complexity index is 1340. The van der Waals surface area contributed by atoms with Crippen molar-refractivity contribution in [2.75, 3.05) is 31.3 Å². The number of pyridine rings is 1. The number of benzene rings is 1. The van der Waals surface area contributed by atoms with Gasteiger partial charge in [-0.2, -0.15) is 0 Å². The Morgan fingerprint density at radius 2 is 2.03 bits per heavy atom. The minimum absolute atomic E-state index is 0.00866. The summed E-state index contributed by atoms with van der Waals surface area (Å²) in [7, 11) is -1.23. The molecule has 3 N–H and O–H groups in total. The molecule has 1 atom stereocenters. The van der Waals surface area contributed by atoms with Crippen molar-refractivity contribution < 1.29 is 32.0 Å². The molecular formula is C24H24F3N3O4S. The second-order valence-corrected chi connectivity index (χ2v) is 10.4. The van der Waals surface area contributed by atoms with Gasteiger partial charge < -0.3 is 23.7 Å². The molecule has 1 aliphatic rings. The zero-order valence-electron chi connectivity index (χ0n) is 19.0. The summed E-state index contributed by atoms with van der Waals surface area (Å²) in [6, 6.07) is 3.62. The number of ketones is 1. The minimum atomic E-state index is -2.76. The van der Waals surface area contributed by atoms with Crippen LogP contribution in [-0.4, -0.2) is 46.9 Å². The van der Waals surface area contributed by atoms with Gasteiger partial charge in [-0.1, -0.05) is 0 Å². The second kappa shape index (κ2) is 10.1. The number of nitrogens with one attached hydrogen (secondary N) is 2. The topological polar surface area (TPSA) is 96.5 Å². The van der Waals surface area contributed by atoms with Crippen molar-refractivity contribution in [1.29, 1.82) is 0 Å². The van der Waals surface area contributed by atoms with E-state index < -0.39 is 33.5 Å². The van der Waals surface area contributed by atoms with E-state index in [1.165, 1.54) is 37.9 Å². The summed E-state index contributed by atoms with van der Waals surface area (Å²) in [5.74, 6) is -3.04. The average molecular weight is 508 g/mol. The monoisotopic (exact) mass is 507 g/mol. The van der Waals surface area contributed by atoms with Gasteiger partial charge in [0.05, 0.1) is 24.1 Å². The Kier molecular flexibility index (Phi) is 7.20. The zero-order chi connectivity index (χ0) is 25.2. The number of nitrogens with zero attached hydrogens (tertiary/aromatic N) is 1. The molecule has 1 aromatic carbocycles. The standard InChI is InChI=1S/C24H24F3N3O4S/c1-33-9-10-34-15-11-17-18(13-29-24(17)28-12-15)23(31)21-19(26)7-8-20(22(21)27)30-35(2,32)16-5-3-14(25)4-6-16/h3,5,7-8,11-13,30,32H,4,6,9-10H2,1-2H3,(H,28,29). The number of aromatic nitrogens is 2. The quantitative estimate of drug-likeness (QED) is 0.248. The van der Waals surface area contributed by atoms with Crippen LogP contribution in [0, 0.1) is 11.6 Å². The Morgan fingerprint density at radius 3 is 2.74 bits per heavy atom. The lowest BCUT2D eigenvalue weighted by atomic mass is 10.0. The first-order chi connectivity index (χ1) is 16.7. The maximum Gasteiger partial charge on any atom is 0.201 e. The number of hydrogen-bond donors (Lipinski definition) is 3. The molecule has 11 heteroatoms. The van der Waals surface area contributed by atoms with Crippen molar-refractivity contribution in [3.8, 4) is 5.75 Å². The SMILES string of the molecule is COCCOc1cnc2[nH]cc(C(=O)c3c(F)ccc(NS(C)(O)C4=CC=C(F)CC4)c3F)c2c1. The highest BCUT2D eigenvalue weighted by Crippen LogP contribution is 2.51. The van der Waals surface area contributed by atoms with Crippen LogP contribution in [0.2, 0.25) is 0 Å². The highest BCUT2D eigenvalue weighted by atomic mass is 32.3. The number of carbonyl (C=O) groups excluding carboxylic acids is 1. The largest absolute Gasteiger partial charge is 0.490 e. The Morgan fingerprint density at radius 1 is 1.23 bits per heavy atom. The fourth-order valence-corrected chi connectivity index (χ4v) is 5.22. The molecule has 3 aromatic rings. The Hall–Kier alpha value is -3.28. The van der Waals surface area contributed by atoms with Crippen molar-refractivity contribution in [3.63, 3.8) is 0 Å². The molecule has 0 radical (unpaired) electrons. The first kappa shape index (κ1) is 24.8. The number of anilines is 1. The molecular weight excluding hydrogens is 483 g/mol. The molecule has 35 heavy (non-hydrogen) atoms. The van der Waals surface area contributed by atoms with Gasteiger partial charge in [0.25, 0.3) is 0 Å². The molecule has 4 rings (SSSR count). The number of rotatable bonds is 9. The van der Waals surface area contributed by atoms with E-state index in [2.05, 4.69) is 14.7 Å². The Balaban J connectivity index is 1.66. The molecule has 2 heterocycles. The number of allylic oxidation sites excluding steroid dienone is 4. The van der Waals surface area contributed by atoms with Gasteiger partial charge in [-0.25, -0.2) is 18.2 Å². The van der Waals surface area contributed by atoms with Gasteiger partial charge in [-0.05, 0) is 47.3 Å². The number of halogens is 3. The van der Waals surface area contributed by atoms with Gasteiger partial charge in [-0.3, -0.25) is 4.79 Å². The van der Waals surface area contributed by atoms with Crippen LogP contribution in [-0.2, 0) is 4.74 Å². The second-order valence-electron chi connectivity index (χ2n) is 7.95. The predicted octanol–water partition coefficient (Wildman–Crippen LogP) is 5.86. The molecule has 1 aliphatic carbocycles. The van der Waals surface area contributed by atoms with E-state index in [-0.39, 0.29) is 36.5 Å². The van der Waals surface area contributed by atoms with Crippen LogP contribution in [0.5, 0.6) is 5.75 Å². The number of H-pyrrole nitrogens is 1. The van der Waals surface area contributed by atoms with Crippen LogP contribution in [0.15, 0.2) is 53.5 Å². The van der Waals surface area contributed by atoms with E-state index in [0.717, 1.165) is 12.1 Å². The first-order valence-electron chi connectivity index (χ1n) is 10.7. The molecule has 0 spiro atoms. The van der Waals surface area contributed by atoms with E-state index in [1.54, 1.807) is 6.07 Å². The summed E-state index contributed by atoms with van der Waals surface area (Å²) >= 11 is 0. The molecule has 1 unspecified atom stereocenters. The summed E-state index contributed by atoms with van der Waals surface area (Å²) in [5, 5.41) is 0.334. The maximum absolute atomic E-state index is 15.4. The number of carbonyl (C=O) groups is 1. The smallest absolute Gasteiger partial charge is 0.201 e. The average Bonchev–Trinajstić information content (AvgIpc) is 3.25. The number of methoxy groups -OCH3 is 1. The lowest BCUT2D eigenvalue weighted by Crippen LogP contribution is -2.15. The molecule has 0 saturated carbocycles. The van der Waals surface area contributed by atoms with Gasteiger partial charge in [0.2, 0.25) is 5.78 Å². The summed E-state index contributed by atoms with van der Waals surface area (Å²) in [4.78, 5) is 20.8. The highest BCUT2D eigenvalue weighted by Gasteiger charge is 2.28. The molecule has 0 saturated heterocycles. The number of aromatic amines is 1. The fraction of sp³-hybridized carbons (Fsp3) is 0.250. The van der Waals surface area contributed by atoms with Crippen LogP contribution < -0.4 is 9.46 Å². The van der Waals surface area contributed by atoms with E-state index in [4.69, 9.17) is 9.47 Å². The normalized spacial score (nSPS) is 16.3. The van der Waals surface area contributed by atoms with E-state index in [9.17, 15) is 18.1 Å². The van der Waals surface area contributed by atoms with Gasteiger partial charge in [-0.15, -0.1) is 0 Å². The van der Waals surface area contributed by atoms with E-state index in [0.29, 0.717) is 28.3 Å². The lowest BCUT2D eigenvalue weighted by molar-refractivity contribution is 0.103. The van der Waals surface area contributed by atoms with Crippen LogP contribution in [0.1, 0.15) is 28.8 Å². The van der Waals surface area contributed by atoms with Crippen LogP contribution in [0.25, 0.3) is 11.0 Å². The summed E-state index contributed by atoms with van der Waals surface area (Å²) in [6.07, 6.45) is 7.31. The number of ether oxygens (including phenoxy) is 2. The maximum atomic E-state index is 15.4. The number of hydrogen-bond acceptors (Lipinski definition) is 6. The third-order valence-corrected chi connectivity index (χ3v) is 7.48. The predicted molar refractivity (Wildman–Crippen MR) is 130 cm³/mol.